The zero-order chi connectivity index (χ0) is 7.78. The van der Waals surface area contributed by atoms with Crippen LogP contribution in [0.3, 0.4) is 0 Å². The highest BCUT2D eigenvalue weighted by atomic mass is 15.5. The second-order valence-corrected chi connectivity index (χ2v) is 3.13. The van der Waals surface area contributed by atoms with Gasteiger partial charge in [-0.25, -0.2) is 0 Å². The van der Waals surface area contributed by atoms with Gasteiger partial charge in [0.2, 0.25) is 0 Å². The van der Waals surface area contributed by atoms with E-state index in [2.05, 4.69) is 31.1 Å². The van der Waals surface area contributed by atoms with Crippen LogP contribution in [-0.4, -0.2) is 17.6 Å². The molecule has 0 saturated heterocycles. The Balaban J connectivity index is 2.87. The standard InChI is InChI=1S/C7H13N3/c1-6-5-10(4)9-8-7(6,2)3/h5H,1-4H3. The summed E-state index contributed by atoms with van der Waals surface area (Å²) in [6.07, 6.45) is 1.99. The molecule has 1 rings (SSSR count). The summed E-state index contributed by atoms with van der Waals surface area (Å²) in [5.41, 5.74) is 1.14. The summed E-state index contributed by atoms with van der Waals surface area (Å²) in [4.78, 5) is 0. The zero-order valence-electron chi connectivity index (χ0n) is 6.92. The Labute approximate surface area is 61.4 Å². The van der Waals surface area contributed by atoms with E-state index in [0.29, 0.717) is 0 Å². The second kappa shape index (κ2) is 2.08. The summed E-state index contributed by atoms with van der Waals surface area (Å²) < 4.78 is 0. The van der Waals surface area contributed by atoms with Gasteiger partial charge >= 0.3 is 0 Å². The first-order valence-electron chi connectivity index (χ1n) is 3.37. The fourth-order valence-electron chi connectivity index (χ4n) is 0.725. The summed E-state index contributed by atoms with van der Waals surface area (Å²) in [6.45, 7) is 6.17. The Kier molecular flexibility index (Phi) is 1.50. The number of hydrogen-bond donors (Lipinski definition) is 0. The molecule has 0 amide bonds. The van der Waals surface area contributed by atoms with Gasteiger partial charge in [-0.2, -0.15) is 5.11 Å². The van der Waals surface area contributed by atoms with E-state index in [1.54, 1.807) is 5.01 Å². The van der Waals surface area contributed by atoms with Gasteiger partial charge < -0.3 is 0 Å². The second-order valence-electron chi connectivity index (χ2n) is 3.13. The summed E-state index contributed by atoms with van der Waals surface area (Å²) >= 11 is 0. The topological polar surface area (TPSA) is 28.0 Å². The first-order valence-corrected chi connectivity index (χ1v) is 3.37. The minimum atomic E-state index is -0.105. The highest BCUT2D eigenvalue weighted by molar-refractivity contribution is 5.14. The van der Waals surface area contributed by atoms with Gasteiger partial charge in [0.05, 0.1) is 0 Å². The van der Waals surface area contributed by atoms with Crippen molar-refractivity contribution in [3.05, 3.63) is 11.8 Å². The first-order chi connectivity index (χ1) is 4.52. The monoisotopic (exact) mass is 139 g/mol. The summed E-state index contributed by atoms with van der Waals surface area (Å²) in [7, 11) is 1.88. The van der Waals surface area contributed by atoms with Crippen molar-refractivity contribution in [1.29, 1.82) is 0 Å². The summed E-state index contributed by atoms with van der Waals surface area (Å²) in [5.74, 6) is 0. The molecule has 0 N–H and O–H groups in total. The van der Waals surface area contributed by atoms with E-state index in [1.807, 2.05) is 13.2 Å². The van der Waals surface area contributed by atoms with Crippen LogP contribution in [0, 0.1) is 0 Å². The Bertz CT molecular complexity index is 191. The largest absolute Gasteiger partial charge is 0.258 e. The molecule has 0 aromatic rings. The maximum atomic E-state index is 4.11. The number of rotatable bonds is 0. The van der Waals surface area contributed by atoms with Crippen LogP contribution in [0.15, 0.2) is 22.1 Å². The number of hydrogen-bond acceptors (Lipinski definition) is 3. The van der Waals surface area contributed by atoms with Crippen LogP contribution in [0.5, 0.6) is 0 Å². The lowest BCUT2D eigenvalue weighted by Gasteiger charge is -2.25. The van der Waals surface area contributed by atoms with Gasteiger partial charge in [-0.15, -0.1) is 0 Å². The van der Waals surface area contributed by atoms with Crippen molar-refractivity contribution in [2.45, 2.75) is 26.3 Å². The predicted octanol–water partition coefficient (Wildman–Crippen LogP) is 1.98. The van der Waals surface area contributed by atoms with Crippen molar-refractivity contribution >= 4 is 0 Å². The van der Waals surface area contributed by atoms with Crippen molar-refractivity contribution < 1.29 is 0 Å². The molecule has 0 radical (unpaired) electrons. The smallest absolute Gasteiger partial charge is 0.100 e. The van der Waals surface area contributed by atoms with Gasteiger partial charge in [0, 0.05) is 13.2 Å². The molecular weight excluding hydrogens is 126 g/mol. The van der Waals surface area contributed by atoms with Crippen molar-refractivity contribution in [2.75, 3.05) is 7.05 Å². The Morgan fingerprint density at radius 3 is 2.50 bits per heavy atom. The molecule has 1 aliphatic rings. The molecule has 0 aromatic carbocycles. The maximum absolute atomic E-state index is 4.11. The molecule has 0 bridgehead atoms. The van der Waals surface area contributed by atoms with Crippen LogP contribution in [-0.2, 0) is 0 Å². The SMILES string of the molecule is CC1=CN(C)N=NC1(C)C. The molecule has 3 heteroatoms. The lowest BCUT2D eigenvalue weighted by atomic mass is 9.97. The van der Waals surface area contributed by atoms with E-state index in [9.17, 15) is 0 Å². The van der Waals surface area contributed by atoms with Gasteiger partial charge in [-0.05, 0) is 26.3 Å². The molecule has 10 heavy (non-hydrogen) atoms. The Morgan fingerprint density at radius 1 is 1.50 bits per heavy atom. The molecule has 0 fully saturated rings. The molecule has 0 aliphatic carbocycles. The van der Waals surface area contributed by atoms with Crippen LogP contribution >= 0.6 is 0 Å². The van der Waals surface area contributed by atoms with Crippen molar-refractivity contribution in [3.63, 3.8) is 0 Å². The van der Waals surface area contributed by atoms with Crippen LogP contribution in [0.2, 0.25) is 0 Å². The Hall–Kier alpha value is -0.860. The van der Waals surface area contributed by atoms with Crippen molar-refractivity contribution in [2.24, 2.45) is 10.3 Å². The molecule has 0 atom stereocenters. The van der Waals surface area contributed by atoms with Gasteiger partial charge in [-0.1, -0.05) is 5.22 Å². The highest BCUT2D eigenvalue weighted by Crippen LogP contribution is 2.24. The van der Waals surface area contributed by atoms with Crippen LogP contribution in [0.25, 0.3) is 0 Å². The van der Waals surface area contributed by atoms with E-state index >= 15 is 0 Å². The molecule has 3 nitrogen and oxygen atoms in total. The van der Waals surface area contributed by atoms with Gasteiger partial charge in [-0.3, -0.25) is 5.01 Å². The molecule has 56 valence electrons. The van der Waals surface area contributed by atoms with E-state index in [-0.39, 0.29) is 5.54 Å². The minimum absolute atomic E-state index is 0.105. The van der Waals surface area contributed by atoms with E-state index in [1.165, 1.54) is 5.57 Å². The van der Waals surface area contributed by atoms with Gasteiger partial charge in [0.1, 0.15) is 5.54 Å². The Morgan fingerprint density at radius 2 is 2.10 bits per heavy atom. The van der Waals surface area contributed by atoms with E-state index < -0.39 is 0 Å². The first kappa shape index (κ1) is 7.25. The predicted molar refractivity (Wildman–Crippen MR) is 40.5 cm³/mol. The van der Waals surface area contributed by atoms with E-state index in [4.69, 9.17) is 0 Å². The van der Waals surface area contributed by atoms with Crippen LogP contribution < -0.4 is 0 Å². The quantitative estimate of drug-likeness (QED) is 0.504. The normalized spacial score (nSPS) is 22.8. The third-order valence-corrected chi connectivity index (χ3v) is 1.78. The average Bonchev–Trinajstić information content (AvgIpc) is 1.81. The molecular formula is C7H13N3. The fraction of sp³-hybridized carbons (Fsp3) is 0.714. The highest BCUT2D eigenvalue weighted by Gasteiger charge is 2.22. The lowest BCUT2D eigenvalue weighted by Crippen LogP contribution is -2.24. The zero-order valence-corrected chi connectivity index (χ0v) is 6.92. The van der Waals surface area contributed by atoms with Crippen molar-refractivity contribution in [3.8, 4) is 0 Å². The number of nitrogens with zero attached hydrogens (tertiary/aromatic N) is 3. The molecule has 0 saturated carbocycles. The van der Waals surface area contributed by atoms with Crippen LogP contribution in [0.4, 0.5) is 0 Å². The average molecular weight is 139 g/mol. The molecule has 1 aliphatic heterocycles. The van der Waals surface area contributed by atoms with Gasteiger partial charge in [0.25, 0.3) is 0 Å². The van der Waals surface area contributed by atoms with Crippen LogP contribution in [0.1, 0.15) is 20.8 Å². The summed E-state index contributed by atoms with van der Waals surface area (Å²) in [6, 6.07) is 0. The molecule has 0 spiro atoms. The summed E-state index contributed by atoms with van der Waals surface area (Å²) in [5, 5.41) is 9.74. The van der Waals surface area contributed by atoms with Gasteiger partial charge in [0.15, 0.2) is 0 Å². The fourth-order valence-corrected chi connectivity index (χ4v) is 0.725. The lowest BCUT2D eigenvalue weighted by molar-refractivity contribution is 0.370. The van der Waals surface area contributed by atoms with E-state index in [0.717, 1.165) is 0 Å². The maximum Gasteiger partial charge on any atom is 0.100 e. The minimum Gasteiger partial charge on any atom is -0.258 e. The molecule has 0 aromatic heterocycles. The third-order valence-electron chi connectivity index (χ3n) is 1.78. The molecule has 0 unspecified atom stereocenters. The molecule has 1 heterocycles. The third kappa shape index (κ3) is 1.17. The van der Waals surface area contributed by atoms with Crippen molar-refractivity contribution in [1.82, 2.24) is 5.01 Å².